The van der Waals surface area contributed by atoms with Crippen molar-refractivity contribution in [1.82, 2.24) is 20.1 Å². The van der Waals surface area contributed by atoms with Crippen molar-refractivity contribution in [2.75, 3.05) is 11.1 Å². The number of thioether (sulfide) groups is 1. The molecule has 0 fully saturated rings. The summed E-state index contributed by atoms with van der Waals surface area (Å²) in [7, 11) is 1.82. The molecule has 0 bridgehead atoms. The Morgan fingerprint density at radius 2 is 1.77 bits per heavy atom. The zero-order valence-electron chi connectivity index (χ0n) is 17.8. The highest BCUT2D eigenvalue weighted by atomic mass is 79.9. The van der Waals surface area contributed by atoms with Crippen LogP contribution in [0.25, 0.3) is 0 Å². The van der Waals surface area contributed by atoms with Gasteiger partial charge in [0.25, 0.3) is 5.91 Å². The zero-order valence-corrected chi connectivity index (χ0v) is 20.2. The van der Waals surface area contributed by atoms with E-state index in [1.807, 2.05) is 58.2 Å². The van der Waals surface area contributed by atoms with E-state index < -0.39 is 0 Å². The van der Waals surface area contributed by atoms with Gasteiger partial charge in [0.1, 0.15) is 0 Å². The van der Waals surface area contributed by atoms with Crippen LogP contribution in [0, 0.1) is 13.8 Å². The number of aryl methyl sites for hydroxylation is 2. The summed E-state index contributed by atoms with van der Waals surface area (Å²) in [4.78, 5) is 24.9. The van der Waals surface area contributed by atoms with Crippen LogP contribution in [0.2, 0.25) is 0 Å². The first kappa shape index (κ1) is 23.0. The average molecular weight is 502 g/mol. The van der Waals surface area contributed by atoms with Crippen LogP contribution in [0.5, 0.6) is 0 Å². The summed E-state index contributed by atoms with van der Waals surface area (Å²) in [6.07, 6.45) is 0. The van der Waals surface area contributed by atoms with Gasteiger partial charge in [-0.1, -0.05) is 45.9 Å². The number of hydrogen-bond acceptors (Lipinski definition) is 5. The maximum atomic E-state index is 12.5. The molecule has 0 aliphatic carbocycles. The lowest BCUT2D eigenvalue weighted by molar-refractivity contribution is -0.113. The summed E-state index contributed by atoms with van der Waals surface area (Å²) in [5, 5.41) is 14.9. The fourth-order valence-corrected chi connectivity index (χ4v) is 4.58. The quantitative estimate of drug-likeness (QED) is 0.467. The van der Waals surface area contributed by atoms with Crippen molar-refractivity contribution in [2.45, 2.75) is 32.0 Å². The molecule has 3 rings (SSSR count). The largest absolute Gasteiger partial charge is 0.342 e. The van der Waals surface area contributed by atoms with Crippen LogP contribution in [-0.2, 0) is 11.8 Å². The van der Waals surface area contributed by atoms with Crippen molar-refractivity contribution < 1.29 is 9.59 Å². The molecule has 7 nitrogen and oxygen atoms in total. The van der Waals surface area contributed by atoms with Gasteiger partial charge in [-0.2, -0.15) is 0 Å². The molecular formula is C22H24BrN5O2S. The van der Waals surface area contributed by atoms with E-state index in [1.54, 1.807) is 16.7 Å². The van der Waals surface area contributed by atoms with Gasteiger partial charge < -0.3 is 15.2 Å². The van der Waals surface area contributed by atoms with Gasteiger partial charge in [-0.3, -0.25) is 9.59 Å². The predicted molar refractivity (Wildman–Crippen MR) is 126 cm³/mol. The summed E-state index contributed by atoms with van der Waals surface area (Å²) in [5.74, 6) is 0.524. The van der Waals surface area contributed by atoms with E-state index in [0.717, 1.165) is 21.3 Å². The third-order valence-corrected chi connectivity index (χ3v) is 6.21. The number of rotatable bonds is 7. The highest BCUT2D eigenvalue weighted by molar-refractivity contribution is 9.10. The van der Waals surface area contributed by atoms with Gasteiger partial charge in [-0.25, -0.2) is 0 Å². The molecule has 0 radical (unpaired) electrons. The van der Waals surface area contributed by atoms with Crippen molar-refractivity contribution in [3.8, 4) is 0 Å². The lowest BCUT2D eigenvalue weighted by Crippen LogP contribution is -2.28. The first-order valence-corrected chi connectivity index (χ1v) is 11.5. The molecule has 2 amide bonds. The Kier molecular flexibility index (Phi) is 7.50. The Bertz CT molecular complexity index is 1080. The summed E-state index contributed by atoms with van der Waals surface area (Å²) < 4.78 is 2.78. The number of carbonyl (C=O) groups is 2. The topological polar surface area (TPSA) is 88.9 Å². The smallest absolute Gasteiger partial charge is 0.251 e. The molecule has 0 saturated heterocycles. The van der Waals surface area contributed by atoms with Crippen molar-refractivity contribution >= 4 is 45.2 Å². The molecule has 0 aliphatic rings. The van der Waals surface area contributed by atoms with Gasteiger partial charge in [0.15, 0.2) is 11.0 Å². The van der Waals surface area contributed by atoms with Crippen LogP contribution in [0.1, 0.15) is 40.3 Å². The number of amides is 2. The molecule has 0 saturated carbocycles. The highest BCUT2D eigenvalue weighted by Gasteiger charge is 2.19. The van der Waals surface area contributed by atoms with Crippen molar-refractivity contribution in [1.29, 1.82) is 0 Å². The van der Waals surface area contributed by atoms with Gasteiger partial charge in [0, 0.05) is 22.8 Å². The molecule has 0 aliphatic heterocycles. The molecule has 1 atom stereocenters. The minimum Gasteiger partial charge on any atom is -0.342 e. The first-order chi connectivity index (χ1) is 14.8. The molecule has 0 unspecified atom stereocenters. The average Bonchev–Trinajstić information content (AvgIpc) is 3.10. The van der Waals surface area contributed by atoms with Crippen LogP contribution in [0.15, 0.2) is 52.1 Å². The molecule has 0 spiro atoms. The molecule has 2 aromatic carbocycles. The summed E-state index contributed by atoms with van der Waals surface area (Å²) in [6, 6.07) is 12.6. The van der Waals surface area contributed by atoms with Crippen LogP contribution in [-0.4, -0.2) is 32.3 Å². The van der Waals surface area contributed by atoms with Crippen LogP contribution >= 0.6 is 27.7 Å². The number of benzene rings is 2. The number of anilines is 1. The number of aromatic nitrogens is 3. The molecule has 31 heavy (non-hydrogen) atoms. The molecule has 162 valence electrons. The fraction of sp³-hybridized carbons (Fsp3) is 0.273. The Hall–Kier alpha value is -2.65. The normalized spacial score (nSPS) is 11.8. The summed E-state index contributed by atoms with van der Waals surface area (Å²) >= 11 is 4.76. The van der Waals surface area contributed by atoms with E-state index >= 15 is 0 Å². The van der Waals surface area contributed by atoms with E-state index in [0.29, 0.717) is 16.5 Å². The van der Waals surface area contributed by atoms with E-state index in [4.69, 9.17) is 0 Å². The van der Waals surface area contributed by atoms with Crippen molar-refractivity contribution in [3.05, 3.63) is 69.5 Å². The summed E-state index contributed by atoms with van der Waals surface area (Å²) in [6.45, 7) is 5.77. The number of carbonyl (C=O) groups excluding carboxylic acids is 2. The maximum absolute atomic E-state index is 12.5. The van der Waals surface area contributed by atoms with Gasteiger partial charge in [0.2, 0.25) is 5.91 Å². The van der Waals surface area contributed by atoms with Gasteiger partial charge in [0.05, 0.1) is 11.8 Å². The molecule has 3 aromatic rings. The third kappa shape index (κ3) is 5.74. The molecule has 2 N–H and O–H groups in total. The second kappa shape index (κ2) is 10.1. The molecule has 1 heterocycles. The van der Waals surface area contributed by atoms with E-state index in [9.17, 15) is 9.59 Å². The van der Waals surface area contributed by atoms with E-state index in [-0.39, 0.29) is 23.6 Å². The third-order valence-electron chi connectivity index (χ3n) is 4.73. The Labute approximate surface area is 194 Å². The second-order valence-electron chi connectivity index (χ2n) is 7.21. The first-order valence-electron chi connectivity index (χ1n) is 9.71. The number of nitrogens with one attached hydrogen (secondary N) is 2. The number of nitrogens with zero attached hydrogens (tertiary/aromatic N) is 3. The number of halogens is 1. The molecular weight excluding hydrogens is 478 g/mol. The van der Waals surface area contributed by atoms with Gasteiger partial charge in [-0.05, 0) is 56.2 Å². The van der Waals surface area contributed by atoms with Gasteiger partial charge in [-0.15, -0.1) is 10.2 Å². The molecule has 9 heteroatoms. The van der Waals surface area contributed by atoms with Crippen LogP contribution < -0.4 is 10.6 Å². The Morgan fingerprint density at radius 3 is 2.42 bits per heavy atom. The standard InChI is InChI=1S/C22H24BrN5O2S/c1-13-10-17(23)11-14(2)19(13)25-18(29)12-31-22-27-26-20(28(22)4)15(3)24-21(30)16-8-6-5-7-9-16/h5-11,15H,12H2,1-4H3,(H,24,30)(H,25,29)/t15-/m1/s1. The second-order valence-corrected chi connectivity index (χ2v) is 9.07. The minimum absolute atomic E-state index is 0.117. The van der Waals surface area contributed by atoms with Crippen LogP contribution in [0.4, 0.5) is 5.69 Å². The molecule has 1 aromatic heterocycles. The highest BCUT2D eigenvalue weighted by Crippen LogP contribution is 2.26. The number of hydrogen-bond donors (Lipinski definition) is 2. The summed E-state index contributed by atoms with van der Waals surface area (Å²) in [5.41, 5.74) is 3.40. The Morgan fingerprint density at radius 1 is 1.13 bits per heavy atom. The SMILES string of the molecule is Cc1cc(Br)cc(C)c1NC(=O)CSc1nnc([C@@H](C)NC(=O)c2ccccc2)n1C. The van der Waals surface area contributed by atoms with Crippen molar-refractivity contribution in [2.24, 2.45) is 7.05 Å². The Balaban J connectivity index is 1.60. The van der Waals surface area contributed by atoms with Crippen molar-refractivity contribution in [3.63, 3.8) is 0 Å². The monoisotopic (exact) mass is 501 g/mol. The lowest BCUT2D eigenvalue weighted by Gasteiger charge is -2.14. The zero-order chi connectivity index (χ0) is 22.5. The maximum Gasteiger partial charge on any atom is 0.251 e. The van der Waals surface area contributed by atoms with E-state index in [2.05, 4.69) is 36.8 Å². The fourth-order valence-electron chi connectivity index (χ4n) is 3.18. The predicted octanol–water partition coefficient (Wildman–Crippen LogP) is 4.42. The van der Waals surface area contributed by atoms with E-state index in [1.165, 1.54) is 11.8 Å². The van der Waals surface area contributed by atoms with Crippen LogP contribution in [0.3, 0.4) is 0 Å². The lowest BCUT2D eigenvalue weighted by atomic mass is 10.1. The van der Waals surface area contributed by atoms with Gasteiger partial charge >= 0.3 is 0 Å². The minimum atomic E-state index is -0.332.